The number of ether oxygens (including phenoxy) is 1. The van der Waals surface area contributed by atoms with Crippen LogP contribution in [0.25, 0.3) is 11.3 Å². The van der Waals surface area contributed by atoms with Crippen LogP contribution in [-0.4, -0.2) is 38.1 Å². The van der Waals surface area contributed by atoms with Crippen LogP contribution in [0.1, 0.15) is 16.1 Å². The number of methoxy groups -OCH3 is 1. The smallest absolute Gasteiger partial charge is 0.186 e. The summed E-state index contributed by atoms with van der Waals surface area (Å²) in [5.41, 5.74) is 1.79. The van der Waals surface area contributed by atoms with E-state index in [4.69, 9.17) is 9.72 Å². The molecule has 1 aliphatic heterocycles. The number of carbonyl (C=O) groups excluding carboxylic acids is 1. The molecule has 5 heteroatoms. The van der Waals surface area contributed by atoms with Crippen LogP contribution < -0.4 is 4.90 Å². The highest BCUT2D eigenvalue weighted by Crippen LogP contribution is 2.34. The Morgan fingerprint density at radius 3 is 2.95 bits per heavy atom. The maximum Gasteiger partial charge on any atom is 0.186 e. The summed E-state index contributed by atoms with van der Waals surface area (Å²) in [6, 6.07) is 9.88. The average Bonchev–Trinajstić information content (AvgIpc) is 3.14. The highest BCUT2D eigenvalue weighted by Gasteiger charge is 2.26. The molecular weight excluding hydrogens is 284 g/mol. The lowest BCUT2D eigenvalue weighted by molar-refractivity contribution is 0.112. The minimum Gasteiger partial charge on any atom is -0.384 e. The Bertz CT molecular complexity index is 612. The number of carbonyl (C=O) groups is 1. The monoisotopic (exact) mass is 302 g/mol. The normalized spacial score (nSPS) is 18.1. The molecule has 110 valence electrons. The minimum atomic E-state index is 0.554. The first kappa shape index (κ1) is 14.2. The predicted molar refractivity (Wildman–Crippen MR) is 85.1 cm³/mol. The Kier molecular flexibility index (Phi) is 4.31. The SMILES string of the molecule is COCC1CCN(c2nc(-c3ccccc3)c(C=O)s2)C1. The third kappa shape index (κ3) is 2.99. The number of nitrogens with zero attached hydrogens (tertiary/aromatic N) is 2. The van der Waals surface area contributed by atoms with Gasteiger partial charge in [-0.3, -0.25) is 4.79 Å². The van der Waals surface area contributed by atoms with Gasteiger partial charge in [-0.1, -0.05) is 41.7 Å². The van der Waals surface area contributed by atoms with Crippen LogP contribution in [0.3, 0.4) is 0 Å². The molecule has 0 N–H and O–H groups in total. The van der Waals surface area contributed by atoms with Gasteiger partial charge in [-0.2, -0.15) is 0 Å². The second kappa shape index (κ2) is 6.37. The van der Waals surface area contributed by atoms with E-state index in [1.165, 1.54) is 11.3 Å². The third-order valence-electron chi connectivity index (χ3n) is 3.76. The van der Waals surface area contributed by atoms with Crippen molar-refractivity contribution in [2.45, 2.75) is 6.42 Å². The van der Waals surface area contributed by atoms with E-state index in [-0.39, 0.29) is 0 Å². The van der Waals surface area contributed by atoms with Gasteiger partial charge in [0.15, 0.2) is 11.4 Å². The molecule has 3 rings (SSSR count). The van der Waals surface area contributed by atoms with Crippen LogP contribution in [0.15, 0.2) is 30.3 Å². The number of anilines is 1. The van der Waals surface area contributed by atoms with Gasteiger partial charge in [-0.15, -0.1) is 0 Å². The summed E-state index contributed by atoms with van der Waals surface area (Å²) in [6.45, 7) is 2.72. The van der Waals surface area contributed by atoms with Gasteiger partial charge >= 0.3 is 0 Å². The van der Waals surface area contributed by atoms with Gasteiger partial charge in [0.2, 0.25) is 0 Å². The Hall–Kier alpha value is -1.72. The second-order valence-electron chi connectivity index (χ2n) is 5.25. The van der Waals surface area contributed by atoms with E-state index in [0.717, 1.165) is 48.8 Å². The summed E-state index contributed by atoms with van der Waals surface area (Å²) in [5, 5.41) is 0.939. The highest BCUT2D eigenvalue weighted by molar-refractivity contribution is 7.17. The lowest BCUT2D eigenvalue weighted by atomic mass is 10.1. The van der Waals surface area contributed by atoms with E-state index in [9.17, 15) is 4.79 Å². The van der Waals surface area contributed by atoms with Gasteiger partial charge in [0.1, 0.15) is 0 Å². The van der Waals surface area contributed by atoms with Crippen molar-refractivity contribution in [3.8, 4) is 11.3 Å². The minimum absolute atomic E-state index is 0.554. The topological polar surface area (TPSA) is 42.4 Å². The summed E-state index contributed by atoms with van der Waals surface area (Å²) < 4.78 is 5.23. The van der Waals surface area contributed by atoms with Gasteiger partial charge in [0, 0.05) is 31.7 Å². The maximum atomic E-state index is 11.3. The molecule has 1 aromatic carbocycles. The lowest BCUT2D eigenvalue weighted by Gasteiger charge is -2.14. The van der Waals surface area contributed by atoms with Crippen molar-refractivity contribution < 1.29 is 9.53 Å². The average molecular weight is 302 g/mol. The fourth-order valence-corrected chi connectivity index (χ4v) is 3.65. The van der Waals surface area contributed by atoms with Crippen molar-refractivity contribution in [2.75, 3.05) is 31.7 Å². The van der Waals surface area contributed by atoms with Crippen molar-refractivity contribution in [3.05, 3.63) is 35.2 Å². The van der Waals surface area contributed by atoms with Crippen molar-refractivity contribution in [3.63, 3.8) is 0 Å². The molecule has 1 aliphatic rings. The van der Waals surface area contributed by atoms with Gasteiger partial charge in [-0.05, 0) is 6.42 Å². The van der Waals surface area contributed by atoms with Gasteiger partial charge < -0.3 is 9.64 Å². The summed E-state index contributed by atoms with van der Waals surface area (Å²) in [5.74, 6) is 0.554. The second-order valence-corrected chi connectivity index (χ2v) is 6.26. The Morgan fingerprint density at radius 1 is 1.43 bits per heavy atom. The Labute approximate surface area is 128 Å². The Morgan fingerprint density at radius 2 is 2.24 bits per heavy atom. The molecular formula is C16H18N2O2S. The van der Waals surface area contributed by atoms with E-state index in [0.29, 0.717) is 10.8 Å². The quantitative estimate of drug-likeness (QED) is 0.796. The van der Waals surface area contributed by atoms with Gasteiger partial charge in [0.05, 0.1) is 17.2 Å². The first-order valence-electron chi connectivity index (χ1n) is 7.07. The van der Waals surface area contributed by atoms with Crippen LogP contribution >= 0.6 is 11.3 Å². The fraction of sp³-hybridized carbons (Fsp3) is 0.375. The molecule has 2 heterocycles. The van der Waals surface area contributed by atoms with Crippen molar-refractivity contribution >= 4 is 22.8 Å². The number of aromatic nitrogens is 1. The fourth-order valence-electron chi connectivity index (χ4n) is 2.72. The van der Waals surface area contributed by atoms with Crippen molar-refractivity contribution in [2.24, 2.45) is 5.92 Å². The van der Waals surface area contributed by atoms with Crippen LogP contribution in [0.2, 0.25) is 0 Å². The van der Waals surface area contributed by atoms with Gasteiger partial charge in [0.25, 0.3) is 0 Å². The predicted octanol–water partition coefficient (Wildman–Crippen LogP) is 3.10. The molecule has 21 heavy (non-hydrogen) atoms. The summed E-state index contributed by atoms with van der Waals surface area (Å²) in [4.78, 5) is 19.0. The number of hydrogen-bond acceptors (Lipinski definition) is 5. The highest BCUT2D eigenvalue weighted by atomic mass is 32.1. The van der Waals surface area contributed by atoms with E-state index in [2.05, 4.69) is 4.90 Å². The number of rotatable bonds is 5. The molecule has 1 atom stereocenters. The third-order valence-corrected chi connectivity index (χ3v) is 4.80. The summed E-state index contributed by atoms with van der Waals surface area (Å²) in [7, 11) is 1.74. The van der Waals surface area contributed by atoms with Crippen LogP contribution in [-0.2, 0) is 4.74 Å². The van der Waals surface area contributed by atoms with E-state index < -0.39 is 0 Å². The number of hydrogen-bond donors (Lipinski definition) is 0. The van der Waals surface area contributed by atoms with Crippen molar-refractivity contribution in [1.82, 2.24) is 4.98 Å². The van der Waals surface area contributed by atoms with E-state index >= 15 is 0 Å². The largest absolute Gasteiger partial charge is 0.384 e. The standard InChI is InChI=1S/C16H18N2O2S/c1-20-11-12-7-8-18(9-12)16-17-15(14(10-19)21-16)13-5-3-2-4-6-13/h2-6,10,12H,7-9,11H2,1H3. The molecule has 0 radical (unpaired) electrons. The van der Waals surface area contributed by atoms with E-state index in [1.54, 1.807) is 7.11 Å². The molecule has 1 unspecified atom stereocenters. The summed E-state index contributed by atoms with van der Waals surface area (Å²) in [6.07, 6.45) is 2.02. The van der Waals surface area contributed by atoms with Crippen LogP contribution in [0.5, 0.6) is 0 Å². The molecule has 2 aromatic rings. The number of aldehydes is 1. The molecule has 0 spiro atoms. The van der Waals surface area contributed by atoms with Crippen LogP contribution in [0, 0.1) is 5.92 Å². The van der Waals surface area contributed by atoms with E-state index in [1.807, 2.05) is 30.3 Å². The molecule has 1 fully saturated rings. The van der Waals surface area contributed by atoms with Crippen LogP contribution in [0.4, 0.5) is 5.13 Å². The molecule has 0 bridgehead atoms. The molecule has 1 saturated heterocycles. The Balaban J connectivity index is 1.85. The zero-order valence-electron chi connectivity index (χ0n) is 12.0. The molecule has 4 nitrogen and oxygen atoms in total. The summed E-state index contributed by atoms with van der Waals surface area (Å²) >= 11 is 1.48. The lowest BCUT2D eigenvalue weighted by Crippen LogP contribution is -2.20. The number of benzene rings is 1. The van der Waals surface area contributed by atoms with Gasteiger partial charge in [-0.25, -0.2) is 4.98 Å². The molecule has 1 aromatic heterocycles. The molecule has 0 aliphatic carbocycles. The first-order chi connectivity index (χ1) is 10.3. The van der Waals surface area contributed by atoms with Crippen molar-refractivity contribution in [1.29, 1.82) is 0 Å². The zero-order chi connectivity index (χ0) is 14.7. The zero-order valence-corrected chi connectivity index (χ0v) is 12.8. The maximum absolute atomic E-state index is 11.3. The first-order valence-corrected chi connectivity index (χ1v) is 7.88. The molecule has 0 amide bonds. The molecule has 0 saturated carbocycles. The number of thiazole rings is 1.